The highest BCUT2D eigenvalue weighted by molar-refractivity contribution is 4.88. The van der Waals surface area contributed by atoms with Crippen LogP contribution < -0.4 is 0 Å². The topological polar surface area (TPSA) is 243 Å². The first-order valence-corrected chi connectivity index (χ1v) is 9.15. The monoisotopic (exact) mass is 444 g/mol. The van der Waals surface area contributed by atoms with Crippen molar-refractivity contribution in [2.24, 2.45) is 0 Å². The maximum atomic E-state index is 9.33. The molecule has 12 nitrogen and oxygen atoms in total. The van der Waals surface area contributed by atoms with Crippen molar-refractivity contribution in [1.82, 2.24) is 0 Å². The fourth-order valence-electron chi connectivity index (χ4n) is 2.15. The lowest BCUT2D eigenvalue weighted by Crippen LogP contribution is -2.49. The van der Waals surface area contributed by atoms with Crippen LogP contribution in [0.15, 0.2) is 25.3 Å². The SMILES string of the molecule is C=CC[C@@H](O)[C@H](O)[C@@H](O)[C@H](O)[C@H](O)CO.C=CC[C@H](O)[C@H](O)[C@@H](O)[C@H](O)[C@H](O)CO. The van der Waals surface area contributed by atoms with Gasteiger partial charge in [-0.05, 0) is 12.8 Å². The number of hydrogen-bond donors (Lipinski definition) is 12. The molecular weight excluding hydrogens is 408 g/mol. The second-order valence-electron chi connectivity index (χ2n) is 6.63. The molecule has 0 aromatic rings. The molecule has 0 saturated heterocycles. The van der Waals surface area contributed by atoms with Gasteiger partial charge in [-0.25, -0.2) is 0 Å². The average molecular weight is 444 g/mol. The Morgan fingerprint density at radius 2 is 0.667 bits per heavy atom. The molecule has 0 aliphatic rings. The summed E-state index contributed by atoms with van der Waals surface area (Å²) in [6, 6.07) is 0. The Balaban J connectivity index is 0. The number of hydrogen-bond acceptors (Lipinski definition) is 12. The van der Waals surface area contributed by atoms with Crippen LogP contribution in [0.5, 0.6) is 0 Å². The van der Waals surface area contributed by atoms with E-state index in [1.807, 2.05) is 0 Å². The molecule has 0 heterocycles. The summed E-state index contributed by atoms with van der Waals surface area (Å²) in [5, 5.41) is 109. The van der Waals surface area contributed by atoms with Crippen LogP contribution in [-0.2, 0) is 0 Å². The largest absolute Gasteiger partial charge is 0.394 e. The van der Waals surface area contributed by atoms with E-state index in [0.29, 0.717) is 0 Å². The molecule has 0 aliphatic heterocycles. The highest BCUT2D eigenvalue weighted by Gasteiger charge is 2.34. The van der Waals surface area contributed by atoms with Gasteiger partial charge in [-0.1, -0.05) is 12.2 Å². The van der Waals surface area contributed by atoms with Crippen molar-refractivity contribution in [3.05, 3.63) is 25.3 Å². The molecule has 30 heavy (non-hydrogen) atoms. The van der Waals surface area contributed by atoms with E-state index < -0.39 is 74.3 Å². The van der Waals surface area contributed by atoms with Gasteiger partial charge in [0.1, 0.15) is 48.8 Å². The van der Waals surface area contributed by atoms with Crippen LogP contribution in [0.1, 0.15) is 12.8 Å². The van der Waals surface area contributed by atoms with Crippen LogP contribution in [-0.4, -0.2) is 136 Å². The van der Waals surface area contributed by atoms with Gasteiger partial charge in [-0.15, -0.1) is 13.2 Å². The summed E-state index contributed by atoms with van der Waals surface area (Å²) in [5.74, 6) is 0. The quantitative estimate of drug-likeness (QED) is 0.112. The third-order valence-corrected chi connectivity index (χ3v) is 4.17. The van der Waals surface area contributed by atoms with Crippen LogP contribution in [0, 0.1) is 0 Å². The van der Waals surface area contributed by atoms with E-state index in [1.165, 1.54) is 12.2 Å². The summed E-state index contributed by atoms with van der Waals surface area (Å²) in [7, 11) is 0. The van der Waals surface area contributed by atoms with E-state index in [0.717, 1.165) is 0 Å². The van der Waals surface area contributed by atoms with E-state index in [4.69, 9.17) is 20.4 Å². The Kier molecular flexibility index (Phi) is 17.3. The van der Waals surface area contributed by atoms with Crippen molar-refractivity contribution in [3.8, 4) is 0 Å². The molecular formula is C18H36O12. The van der Waals surface area contributed by atoms with Gasteiger partial charge in [0.2, 0.25) is 0 Å². The zero-order valence-corrected chi connectivity index (χ0v) is 16.5. The first-order chi connectivity index (χ1) is 13.9. The Morgan fingerprint density at radius 1 is 0.433 bits per heavy atom. The fraction of sp³-hybridized carbons (Fsp3) is 0.778. The molecule has 0 saturated carbocycles. The lowest BCUT2D eigenvalue weighted by Gasteiger charge is -2.28. The van der Waals surface area contributed by atoms with Gasteiger partial charge >= 0.3 is 0 Å². The number of rotatable bonds is 14. The van der Waals surface area contributed by atoms with Gasteiger partial charge in [-0.2, -0.15) is 0 Å². The van der Waals surface area contributed by atoms with Crippen LogP contribution in [0.4, 0.5) is 0 Å². The molecule has 0 spiro atoms. The lowest BCUT2D eigenvalue weighted by atomic mass is 9.98. The molecule has 12 heteroatoms. The molecule has 0 unspecified atom stereocenters. The number of aliphatic hydroxyl groups excluding tert-OH is 12. The third-order valence-electron chi connectivity index (χ3n) is 4.17. The van der Waals surface area contributed by atoms with Crippen LogP contribution in [0.2, 0.25) is 0 Å². The van der Waals surface area contributed by atoms with E-state index in [2.05, 4.69) is 13.2 Å². The van der Waals surface area contributed by atoms with Crippen LogP contribution >= 0.6 is 0 Å². The highest BCUT2D eigenvalue weighted by atomic mass is 16.4. The summed E-state index contributed by atoms with van der Waals surface area (Å²) in [6.45, 7) is 5.17. The second-order valence-corrected chi connectivity index (χ2v) is 6.63. The molecule has 0 rings (SSSR count). The highest BCUT2D eigenvalue weighted by Crippen LogP contribution is 2.11. The minimum Gasteiger partial charge on any atom is -0.394 e. The van der Waals surface area contributed by atoms with E-state index in [-0.39, 0.29) is 12.8 Å². The van der Waals surface area contributed by atoms with E-state index in [1.54, 1.807) is 0 Å². The summed E-state index contributed by atoms with van der Waals surface area (Å²) < 4.78 is 0. The van der Waals surface area contributed by atoms with E-state index >= 15 is 0 Å². The van der Waals surface area contributed by atoms with Crippen molar-refractivity contribution in [2.75, 3.05) is 13.2 Å². The van der Waals surface area contributed by atoms with E-state index in [9.17, 15) is 40.9 Å². The summed E-state index contributed by atoms with van der Waals surface area (Å²) in [5.41, 5.74) is 0. The molecule has 0 aliphatic carbocycles. The molecule has 10 atom stereocenters. The van der Waals surface area contributed by atoms with Crippen LogP contribution in [0.3, 0.4) is 0 Å². The Hall–Kier alpha value is -1.00. The molecule has 0 amide bonds. The Bertz CT molecular complexity index is 411. The van der Waals surface area contributed by atoms with Gasteiger partial charge < -0.3 is 61.3 Å². The Morgan fingerprint density at radius 3 is 0.867 bits per heavy atom. The first-order valence-electron chi connectivity index (χ1n) is 9.15. The third kappa shape index (κ3) is 10.9. The van der Waals surface area contributed by atoms with Crippen molar-refractivity contribution < 1.29 is 61.3 Å². The normalized spacial score (nSPS) is 21.5. The van der Waals surface area contributed by atoms with Gasteiger partial charge in [0.25, 0.3) is 0 Å². The van der Waals surface area contributed by atoms with Gasteiger partial charge in [0.15, 0.2) is 0 Å². The average Bonchev–Trinajstić information content (AvgIpc) is 2.75. The standard InChI is InChI=1S/2C9H18O6/c2*1-2-3-5(11)7(13)9(15)8(14)6(12)4-10/h2*2,5-15H,1,3-4H2/t5-,6+,7-,8+,9+;5-,6-,7+,8-,9-/m01/s1. The minimum absolute atomic E-state index is 0.0418. The maximum absolute atomic E-state index is 9.33. The molecule has 0 fully saturated rings. The van der Waals surface area contributed by atoms with Crippen molar-refractivity contribution in [2.45, 2.75) is 73.9 Å². The van der Waals surface area contributed by atoms with Crippen molar-refractivity contribution >= 4 is 0 Å². The molecule has 12 N–H and O–H groups in total. The fourth-order valence-corrected chi connectivity index (χ4v) is 2.15. The zero-order valence-electron chi connectivity index (χ0n) is 16.5. The Labute approximate surface area is 174 Å². The van der Waals surface area contributed by atoms with Crippen molar-refractivity contribution in [1.29, 1.82) is 0 Å². The summed E-state index contributed by atoms with van der Waals surface area (Å²) in [6.07, 6.45) is -13.0. The zero-order chi connectivity index (χ0) is 24.0. The molecule has 0 aromatic heterocycles. The van der Waals surface area contributed by atoms with Crippen LogP contribution in [0.25, 0.3) is 0 Å². The first kappa shape index (κ1) is 31.2. The number of aliphatic hydroxyl groups is 12. The molecule has 0 radical (unpaired) electrons. The predicted octanol–water partition coefficient (Wildman–Crippen LogP) is -5.28. The minimum atomic E-state index is -1.73. The second kappa shape index (κ2) is 16.7. The smallest absolute Gasteiger partial charge is 0.111 e. The molecule has 180 valence electrons. The van der Waals surface area contributed by atoms with Gasteiger partial charge in [-0.3, -0.25) is 0 Å². The van der Waals surface area contributed by atoms with Gasteiger partial charge in [0.05, 0.1) is 25.4 Å². The van der Waals surface area contributed by atoms with Gasteiger partial charge in [0, 0.05) is 0 Å². The lowest BCUT2D eigenvalue weighted by molar-refractivity contribution is -0.139. The molecule has 0 aromatic carbocycles. The molecule has 0 bridgehead atoms. The summed E-state index contributed by atoms with van der Waals surface area (Å²) in [4.78, 5) is 0. The maximum Gasteiger partial charge on any atom is 0.111 e. The van der Waals surface area contributed by atoms with Crippen molar-refractivity contribution in [3.63, 3.8) is 0 Å². The summed E-state index contributed by atoms with van der Waals surface area (Å²) >= 11 is 0. The predicted molar refractivity (Wildman–Crippen MR) is 104 cm³/mol.